The SMILES string of the molecule is CCn1nc(C)cc1C(=O)NCC(=O)NCC(=O)O. The van der Waals surface area contributed by atoms with E-state index in [9.17, 15) is 14.4 Å². The van der Waals surface area contributed by atoms with Crippen LogP contribution in [0, 0.1) is 6.92 Å². The minimum Gasteiger partial charge on any atom is -0.480 e. The van der Waals surface area contributed by atoms with Crippen molar-refractivity contribution in [2.45, 2.75) is 20.4 Å². The van der Waals surface area contributed by atoms with Crippen LogP contribution in [0.3, 0.4) is 0 Å². The van der Waals surface area contributed by atoms with Gasteiger partial charge in [-0.2, -0.15) is 5.10 Å². The van der Waals surface area contributed by atoms with E-state index >= 15 is 0 Å². The number of nitrogens with one attached hydrogen (secondary N) is 2. The fraction of sp³-hybridized carbons (Fsp3) is 0.455. The van der Waals surface area contributed by atoms with E-state index in [1.165, 1.54) is 4.68 Å². The molecule has 104 valence electrons. The molecule has 0 saturated carbocycles. The van der Waals surface area contributed by atoms with Crippen molar-refractivity contribution in [2.75, 3.05) is 13.1 Å². The maximum atomic E-state index is 11.8. The standard InChI is InChI=1S/C11H16N4O4/c1-3-15-8(4-7(2)14-15)11(19)13-5-9(16)12-6-10(17)18/h4H,3,5-6H2,1-2H3,(H,12,16)(H,13,19)(H,17,18). The number of aliphatic carboxylic acids is 1. The Kier molecular flexibility index (Phi) is 5.04. The molecule has 2 amide bonds. The highest BCUT2D eigenvalue weighted by molar-refractivity contribution is 5.95. The van der Waals surface area contributed by atoms with E-state index in [-0.39, 0.29) is 6.54 Å². The zero-order valence-corrected chi connectivity index (χ0v) is 10.8. The molecule has 8 heteroatoms. The number of rotatable bonds is 6. The van der Waals surface area contributed by atoms with Crippen molar-refractivity contribution >= 4 is 17.8 Å². The number of carboxylic acid groups (broad SMARTS) is 1. The minimum absolute atomic E-state index is 0.278. The molecule has 0 bridgehead atoms. The number of hydrogen-bond acceptors (Lipinski definition) is 4. The molecule has 0 saturated heterocycles. The van der Waals surface area contributed by atoms with Gasteiger partial charge in [0.05, 0.1) is 12.2 Å². The highest BCUT2D eigenvalue weighted by atomic mass is 16.4. The molecule has 3 N–H and O–H groups in total. The first kappa shape index (κ1) is 14.7. The van der Waals surface area contributed by atoms with Crippen LogP contribution in [0.4, 0.5) is 0 Å². The Labute approximate surface area is 109 Å². The van der Waals surface area contributed by atoms with Crippen molar-refractivity contribution in [3.63, 3.8) is 0 Å². The van der Waals surface area contributed by atoms with Crippen molar-refractivity contribution < 1.29 is 19.5 Å². The van der Waals surface area contributed by atoms with Gasteiger partial charge in [0.25, 0.3) is 5.91 Å². The molecular weight excluding hydrogens is 252 g/mol. The number of hydrogen-bond donors (Lipinski definition) is 3. The summed E-state index contributed by atoms with van der Waals surface area (Å²) in [6, 6.07) is 1.62. The molecule has 19 heavy (non-hydrogen) atoms. The third kappa shape index (κ3) is 4.41. The molecular formula is C11H16N4O4. The second kappa shape index (κ2) is 6.53. The van der Waals surface area contributed by atoms with Gasteiger partial charge in [-0.25, -0.2) is 0 Å². The zero-order chi connectivity index (χ0) is 14.4. The Bertz CT molecular complexity index is 495. The largest absolute Gasteiger partial charge is 0.480 e. The third-order valence-electron chi connectivity index (χ3n) is 2.28. The quantitative estimate of drug-likeness (QED) is 0.621. The summed E-state index contributed by atoms with van der Waals surface area (Å²) < 4.78 is 1.53. The summed E-state index contributed by atoms with van der Waals surface area (Å²) in [5, 5.41) is 17.0. The van der Waals surface area contributed by atoms with Crippen LogP contribution in [0.1, 0.15) is 23.1 Å². The van der Waals surface area contributed by atoms with Gasteiger partial charge in [-0.15, -0.1) is 0 Å². The van der Waals surface area contributed by atoms with Gasteiger partial charge in [0, 0.05) is 6.54 Å². The summed E-state index contributed by atoms with van der Waals surface area (Å²) in [6.07, 6.45) is 0. The molecule has 1 rings (SSSR count). The number of carbonyl (C=O) groups excluding carboxylic acids is 2. The van der Waals surface area contributed by atoms with Crippen LogP contribution in [-0.4, -0.2) is 45.8 Å². The monoisotopic (exact) mass is 268 g/mol. The molecule has 0 unspecified atom stereocenters. The lowest BCUT2D eigenvalue weighted by Gasteiger charge is -2.06. The Morgan fingerprint density at radius 3 is 2.58 bits per heavy atom. The predicted molar refractivity (Wildman–Crippen MR) is 65.6 cm³/mol. The molecule has 1 aromatic heterocycles. The average Bonchev–Trinajstić information content (AvgIpc) is 2.74. The van der Waals surface area contributed by atoms with Crippen LogP contribution in [0.5, 0.6) is 0 Å². The zero-order valence-electron chi connectivity index (χ0n) is 10.8. The number of aromatic nitrogens is 2. The van der Waals surface area contributed by atoms with Gasteiger partial charge in [0.15, 0.2) is 0 Å². The van der Waals surface area contributed by atoms with Gasteiger partial charge in [-0.05, 0) is 19.9 Å². The van der Waals surface area contributed by atoms with Crippen molar-refractivity contribution in [3.8, 4) is 0 Å². The van der Waals surface area contributed by atoms with Gasteiger partial charge < -0.3 is 15.7 Å². The first-order chi connectivity index (χ1) is 8.93. The highest BCUT2D eigenvalue weighted by Gasteiger charge is 2.14. The van der Waals surface area contributed by atoms with Gasteiger partial charge in [0.2, 0.25) is 5.91 Å². The number of carboxylic acids is 1. The summed E-state index contributed by atoms with van der Waals surface area (Å²) in [6.45, 7) is 3.41. The Balaban J connectivity index is 2.51. The molecule has 0 aliphatic heterocycles. The van der Waals surface area contributed by atoms with E-state index in [1.54, 1.807) is 13.0 Å². The van der Waals surface area contributed by atoms with Gasteiger partial charge >= 0.3 is 5.97 Å². The minimum atomic E-state index is -1.14. The predicted octanol–water partition coefficient (Wildman–Crippen LogP) is -0.858. The molecule has 0 aliphatic carbocycles. The number of amides is 2. The summed E-state index contributed by atoms with van der Waals surface area (Å²) in [7, 11) is 0. The number of aryl methyl sites for hydroxylation is 2. The molecule has 1 heterocycles. The van der Waals surface area contributed by atoms with E-state index in [2.05, 4.69) is 15.7 Å². The Hall–Kier alpha value is -2.38. The lowest BCUT2D eigenvalue weighted by Crippen LogP contribution is -2.39. The van der Waals surface area contributed by atoms with Crippen LogP contribution in [0.25, 0.3) is 0 Å². The van der Waals surface area contributed by atoms with Crippen molar-refractivity contribution in [1.29, 1.82) is 0 Å². The molecule has 0 radical (unpaired) electrons. The van der Waals surface area contributed by atoms with E-state index in [1.807, 2.05) is 6.92 Å². The molecule has 0 atom stereocenters. The van der Waals surface area contributed by atoms with Gasteiger partial charge in [-0.3, -0.25) is 19.1 Å². The molecule has 0 spiro atoms. The topological polar surface area (TPSA) is 113 Å². The normalized spacial score (nSPS) is 10.0. The summed E-state index contributed by atoms with van der Waals surface area (Å²) in [4.78, 5) is 33.3. The van der Waals surface area contributed by atoms with E-state index in [0.29, 0.717) is 17.9 Å². The van der Waals surface area contributed by atoms with Crippen LogP contribution in [-0.2, 0) is 16.1 Å². The average molecular weight is 268 g/mol. The Morgan fingerprint density at radius 1 is 1.32 bits per heavy atom. The first-order valence-electron chi connectivity index (χ1n) is 5.75. The molecule has 0 fully saturated rings. The van der Waals surface area contributed by atoms with Crippen molar-refractivity contribution in [1.82, 2.24) is 20.4 Å². The molecule has 0 aromatic carbocycles. The molecule has 0 aliphatic rings. The van der Waals surface area contributed by atoms with Gasteiger partial charge in [0.1, 0.15) is 12.2 Å². The van der Waals surface area contributed by atoms with Gasteiger partial charge in [-0.1, -0.05) is 0 Å². The lowest BCUT2D eigenvalue weighted by atomic mass is 10.3. The first-order valence-corrected chi connectivity index (χ1v) is 5.75. The summed E-state index contributed by atoms with van der Waals surface area (Å²) in [5.41, 5.74) is 1.08. The molecule has 1 aromatic rings. The lowest BCUT2D eigenvalue weighted by molar-refractivity contribution is -0.137. The number of carbonyl (C=O) groups is 3. The van der Waals surface area contributed by atoms with E-state index in [0.717, 1.165) is 0 Å². The third-order valence-corrected chi connectivity index (χ3v) is 2.28. The van der Waals surface area contributed by atoms with Crippen molar-refractivity contribution in [2.24, 2.45) is 0 Å². The summed E-state index contributed by atoms with van der Waals surface area (Å²) in [5.74, 6) is -2.12. The fourth-order valence-corrected chi connectivity index (χ4v) is 1.46. The second-order valence-electron chi connectivity index (χ2n) is 3.84. The fourth-order valence-electron chi connectivity index (χ4n) is 1.46. The van der Waals surface area contributed by atoms with Crippen LogP contribution < -0.4 is 10.6 Å². The second-order valence-corrected chi connectivity index (χ2v) is 3.84. The maximum absolute atomic E-state index is 11.8. The Morgan fingerprint density at radius 2 is 2.00 bits per heavy atom. The van der Waals surface area contributed by atoms with E-state index < -0.39 is 24.3 Å². The molecule has 8 nitrogen and oxygen atoms in total. The van der Waals surface area contributed by atoms with Crippen LogP contribution in [0.2, 0.25) is 0 Å². The van der Waals surface area contributed by atoms with Crippen LogP contribution >= 0.6 is 0 Å². The summed E-state index contributed by atoms with van der Waals surface area (Å²) >= 11 is 0. The van der Waals surface area contributed by atoms with Crippen LogP contribution in [0.15, 0.2) is 6.07 Å². The van der Waals surface area contributed by atoms with E-state index in [4.69, 9.17) is 5.11 Å². The number of nitrogens with zero attached hydrogens (tertiary/aromatic N) is 2. The van der Waals surface area contributed by atoms with Crippen molar-refractivity contribution in [3.05, 3.63) is 17.5 Å². The smallest absolute Gasteiger partial charge is 0.322 e. The maximum Gasteiger partial charge on any atom is 0.322 e. The highest BCUT2D eigenvalue weighted by Crippen LogP contribution is 2.03.